The zero-order valence-electron chi connectivity index (χ0n) is 17.7. The molecule has 0 spiro atoms. The van der Waals surface area contributed by atoms with Crippen LogP contribution in [0.15, 0.2) is 24.3 Å². The number of hydrogen-bond acceptors (Lipinski definition) is 4. The fourth-order valence-corrected chi connectivity index (χ4v) is 3.57. The molecule has 1 fully saturated rings. The van der Waals surface area contributed by atoms with Crippen molar-refractivity contribution in [3.05, 3.63) is 41.3 Å². The lowest BCUT2D eigenvalue weighted by atomic mass is 10.0. The third-order valence-corrected chi connectivity index (χ3v) is 5.18. The van der Waals surface area contributed by atoms with Crippen LogP contribution in [0.4, 0.5) is 9.18 Å². The van der Waals surface area contributed by atoms with Gasteiger partial charge < -0.3 is 14.5 Å². The van der Waals surface area contributed by atoms with Gasteiger partial charge >= 0.3 is 6.09 Å². The summed E-state index contributed by atoms with van der Waals surface area (Å²) in [5.41, 5.74) is 1.10. The van der Waals surface area contributed by atoms with E-state index in [4.69, 9.17) is 4.74 Å². The van der Waals surface area contributed by atoms with E-state index >= 15 is 0 Å². The van der Waals surface area contributed by atoms with Gasteiger partial charge in [0.2, 0.25) is 0 Å². The number of rotatable bonds is 2. The fraction of sp³-hybridized carbons (Fsp3) is 0.500. The molecule has 1 saturated heterocycles. The molecule has 0 bridgehead atoms. The Kier molecular flexibility index (Phi) is 5.78. The second kappa shape index (κ2) is 7.97. The first-order chi connectivity index (χ1) is 13.5. The van der Waals surface area contributed by atoms with E-state index in [1.165, 1.54) is 12.1 Å². The smallest absolute Gasteiger partial charge is 0.410 e. The normalized spacial score (nSPS) is 15.4. The van der Waals surface area contributed by atoms with Crippen LogP contribution in [0.3, 0.4) is 0 Å². The molecule has 3 rings (SSSR count). The number of fused-ring (bicyclic) bond motifs is 1. The Labute approximate surface area is 170 Å². The van der Waals surface area contributed by atoms with Gasteiger partial charge in [0.05, 0.1) is 16.8 Å². The van der Waals surface area contributed by atoms with E-state index in [-0.39, 0.29) is 23.9 Å². The standard InChI is InChI=1S/C22H28FN3O3/c1-14-18(12-15-6-7-16(23)13-19(15)24-14)20(27)25(5)17-8-10-26(11-9-17)21(28)29-22(2,3)4/h6-7,12-13,17H,8-11H2,1-5H3. The van der Waals surface area contributed by atoms with Crippen LogP contribution in [0.5, 0.6) is 0 Å². The molecule has 6 nitrogen and oxygen atoms in total. The Balaban J connectivity index is 1.68. The molecule has 7 heteroatoms. The number of pyridine rings is 1. The van der Waals surface area contributed by atoms with Crippen molar-refractivity contribution in [2.75, 3.05) is 20.1 Å². The van der Waals surface area contributed by atoms with Crippen LogP contribution in [-0.2, 0) is 4.74 Å². The highest BCUT2D eigenvalue weighted by Gasteiger charge is 2.30. The summed E-state index contributed by atoms with van der Waals surface area (Å²) in [7, 11) is 1.78. The van der Waals surface area contributed by atoms with Gasteiger partial charge in [-0.2, -0.15) is 0 Å². The van der Waals surface area contributed by atoms with Gasteiger partial charge in [0.15, 0.2) is 0 Å². The molecular weight excluding hydrogens is 373 g/mol. The highest BCUT2D eigenvalue weighted by molar-refractivity contribution is 5.98. The van der Waals surface area contributed by atoms with Gasteiger partial charge in [0, 0.05) is 37.6 Å². The maximum absolute atomic E-state index is 13.4. The zero-order chi connectivity index (χ0) is 21.3. The Morgan fingerprint density at radius 1 is 1.21 bits per heavy atom. The topological polar surface area (TPSA) is 62.7 Å². The van der Waals surface area contributed by atoms with Crippen molar-refractivity contribution in [3.8, 4) is 0 Å². The van der Waals surface area contributed by atoms with E-state index in [9.17, 15) is 14.0 Å². The van der Waals surface area contributed by atoms with Crippen LogP contribution in [0.1, 0.15) is 49.7 Å². The molecule has 1 aliphatic heterocycles. The zero-order valence-corrected chi connectivity index (χ0v) is 17.7. The first-order valence-electron chi connectivity index (χ1n) is 9.87. The highest BCUT2D eigenvalue weighted by atomic mass is 19.1. The summed E-state index contributed by atoms with van der Waals surface area (Å²) in [5, 5.41) is 0.730. The van der Waals surface area contributed by atoms with E-state index in [0.29, 0.717) is 42.7 Å². The predicted molar refractivity (Wildman–Crippen MR) is 109 cm³/mol. The van der Waals surface area contributed by atoms with Crippen LogP contribution in [0.2, 0.25) is 0 Å². The summed E-state index contributed by atoms with van der Waals surface area (Å²) < 4.78 is 18.9. The molecule has 2 amide bonds. The van der Waals surface area contributed by atoms with Gasteiger partial charge in [-0.15, -0.1) is 0 Å². The molecule has 0 unspecified atom stereocenters. The number of halogens is 1. The number of piperidine rings is 1. The molecule has 2 aromatic rings. The van der Waals surface area contributed by atoms with E-state index in [2.05, 4.69) is 4.98 Å². The van der Waals surface area contributed by atoms with Gasteiger partial charge in [-0.1, -0.05) is 0 Å². The van der Waals surface area contributed by atoms with E-state index in [0.717, 1.165) is 5.39 Å². The van der Waals surface area contributed by atoms with E-state index in [1.807, 2.05) is 20.8 Å². The molecule has 0 saturated carbocycles. The number of benzene rings is 1. The second-order valence-corrected chi connectivity index (χ2v) is 8.57. The van der Waals surface area contributed by atoms with Gasteiger partial charge in [-0.3, -0.25) is 9.78 Å². The maximum atomic E-state index is 13.4. The first kappa shape index (κ1) is 21.0. The molecule has 2 heterocycles. The van der Waals surface area contributed by atoms with Gasteiger partial charge in [0.1, 0.15) is 11.4 Å². The Hall–Kier alpha value is -2.70. The maximum Gasteiger partial charge on any atom is 0.410 e. The second-order valence-electron chi connectivity index (χ2n) is 8.57. The summed E-state index contributed by atoms with van der Waals surface area (Å²) in [4.78, 5) is 33.1. The summed E-state index contributed by atoms with van der Waals surface area (Å²) in [6, 6.07) is 6.17. The van der Waals surface area contributed by atoms with Gasteiger partial charge in [-0.25, -0.2) is 9.18 Å². The fourth-order valence-electron chi connectivity index (χ4n) is 3.57. The largest absolute Gasteiger partial charge is 0.444 e. The number of carbonyl (C=O) groups is 2. The van der Waals surface area contributed by atoms with Crippen molar-refractivity contribution in [2.24, 2.45) is 0 Å². The Bertz CT molecular complexity index is 931. The van der Waals surface area contributed by atoms with Crippen molar-refractivity contribution in [1.29, 1.82) is 0 Å². The minimum absolute atomic E-state index is 0.0319. The lowest BCUT2D eigenvalue weighted by molar-refractivity contribution is 0.0160. The number of amides is 2. The third kappa shape index (κ3) is 4.83. The van der Waals surface area contributed by atoms with Crippen molar-refractivity contribution in [3.63, 3.8) is 0 Å². The summed E-state index contributed by atoms with van der Waals surface area (Å²) in [6.45, 7) is 8.39. The van der Waals surface area contributed by atoms with Crippen molar-refractivity contribution < 1.29 is 18.7 Å². The molecule has 1 aromatic heterocycles. The SMILES string of the molecule is Cc1nc2cc(F)ccc2cc1C(=O)N(C)C1CCN(C(=O)OC(C)(C)C)CC1. The van der Waals surface area contributed by atoms with Gasteiger partial charge in [-0.05, 0) is 58.7 Å². The van der Waals surface area contributed by atoms with Gasteiger partial charge in [0.25, 0.3) is 5.91 Å². The molecule has 0 radical (unpaired) electrons. The number of carbonyl (C=O) groups excluding carboxylic acids is 2. The number of nitrogens with zero attached hydrogens (tertiary/aromatic N) is 3. The Morgan fingerprint density at radius 2 is 1.86 bits per heavy atom. The third-order valence-electron chi connectivity index (χ3n) is 5.18. The van der Waals surface area contributed by atoms with E-state index in [1.54, 1.807) is 35.9 Å². The summed E-state index contributed by atoms with van der Waals surface area (Å²) in [6.07, 6.45) is 1.06. The van der Waals surface area contributed by atoms with Crippen LogP contribution in [0, 0.1) is 12.7 Å². The molecular formula is C22H28FN3O3. The highest BCUT2D eigenvalue weighted by Crippen LogP contribution is 2.23. The molecule has 0 atom stereocenters. The minimum atomic E-state index is -0.524. The van der Waals surface area contributed by atoms with Crippen LogP contribution in [0.25, 0.3) is 10.9 Å². The first-order valence-corrected chi connectivity index (χ1v) is 9.87. The van der Waals surface area contributed by atoms with E-state index < -0.39 is 5.60 Å². The molecule has 0 aliphatic carbocycles. The molecule has 0 N–H and O–H groups in total. The van der Waals surface area contributed by atoms with Crippen molar-refractivity contribution in [1.82, 2.24) is 14.8 Å². The number of ether oxygens (including phenoxy) is 1. The monoisotopic (exact) mass is 401 g/mol. The molecule has 156 valence electrons. The molecule has 29 heavy (non-hydrogen) atoms. The summed E-state index contributed by atoms with van der Waals surface area (Å²) in [5.74, 6) is -0.464. The predicted octanol–water partition coefficient (Wildman–Crippen LogP) is 4.15. The average molecular weight is 401 g/mol. The van der Waals surface area contributed by atoms with Crippen molar-refractivity contribution in [2.45, 2.75) is 52.2 Å². The summed E-state index contributed by atoms with van der Waals surface area (Å²) >= 11 is 0. The minimum Gasteiger partial charge on any atom is -0.444 e. The van der Waals surface area contributed by atoms with Crippen LogP contribution >= 0.6 is 0 Å². The quantitative estimate of drug-likeness (QED) is 0.758. The number of aromatic nitrogens is 1. The van der Waals surface area contributed by atoms with Crippen LogP contribution in [-0.4, -0.2) is 58.6 Å². The molecule has 1 aliphatic rings. The van der Waals surface area contributed by atoms with Crippen molar-refractivity contribution >= 4 is 22.9 Å². The average Bonchev–Trinajstić information content (AvgIpc) is 2.65. The lowest BCUT2D eigenvalue weighted by Crippen LogP contribution is -2.48. The lowest BCUT2D eigenvalue weighted by Gasteiger charge is -2.37. The molecule has 1 aromatic carbocycles. The number of likely N-dealkylation sites (tertiary alicyclic amines) is 1. The van der Waals surface area contributed by atoms with Crippen LogP contribution < -0.4 is 0 Å². The number of aryl methyl sites for hydroxylation is 1. The Morgan fingerprint density at radius 3 is 2.48 bits per heavy atom. The number of hydrogen-bond donors (Lipinski definition) is 0.